The summed E-state index contributed by atoms with van der Waals surface area (Å²) >= 11 is 0. The molecule has 0 aromatic carbocycles. The van der Waals surface area contributed by atoms with E-state index in [1.165, 1.54) is 19.3 Å². The van der Waals surface area contributed by atoms with Crippen LogP contribution in [0.5, 0.6) is 0 Å². The number of fused-ring (bicyclic) bond motifs is 1. The number of pyridine rings is 1. The van der Waals surface area contributed by atoms with E-state index in [2.05, 4.69) is 43.8 Å². The number of aromatic nitrogens is 7. The molecular formula is C29H37FN8O2. The van der Waals surface area contributed by atoms with E-state index >= 15 is 4.39 Å². The van der Waals surface area contributed by atoms with Crippen LogP contribution in [0.25, 0.3) is 34.3 Å². The summed E-state index contributed by atoms with van der Waals surface area (Å²) < 4.78 is 22.7. The minimum atomic E-state index is -0.689. The van der Waals surface area contributed by atoms with E-state index in [0.29, 0.717) is 52.7 Å². The molecule has 0 amide bonds. The molecule has 2 fully saturated rings. The SMILES string of the molecule is CC1CCC(Cn2c(-c3nccc(C(C)C)c3F)nc3nc(-c4noc(=O)[nH]4)nc(N[C@H](C)C4CCC4)c32)CC1. The first-order valence-electron chi connectivity index (χ1n) is 14.5. The molecule has 2 N–H and O–H groups in total. The second kappa shape index (κ2) is 10.7. The standard InChI is InChI=1S/C29H37FN8O2/c1-15(2)20-12-13-31-22(21(20)30)28-35-25-23(38(28)14-18-10-8-16(3)9-11-18)24(32-17(4)19-6-5-7-19)33-26(34-25)27-36-29(39)40-37-27/h12-13,15-19H,5-11,14H2,1-4H3,(H,32,33,34)(H,36,37,39)/t16?,17-,18?/m1/s1. The normalized spacial score (nSPS) is 20.6. The van der Waals surface area contributed by atoms with Gasteiger partial charge in [-0.15, -0.1) is 0 Å². The molecule has 2 saturated carbocycles. The summed E-state index contributed by atoms with van der Waals surface area (Å²) in [6.45, 7) is 9.07. The Labute approximate surface area is 232 Å². The lowest BCUT2D eigenvalue weighted by atomic mass is 9.80. The van der Waals surface area contributed by atoms with E-state index in [1.807, 2.05) is 13.8 Å². The number of H-pyrrole nitrogens is 1. The van der Waals surface area contributed by atoms with Gasteiger partial charge < -0.3 is 9.88 Å². The fourth-order valence-corrected chi connectivity index (χ4v) is 6.03. The minimum absolute atomic E-state index is 0.00431. The van der Waals surface area contributed by atoms with E-state index in [1.54, 1.807) is 12.3 Å². The maximum Gasteiger partial charge on any atom is 0.439 e. The zero-order valence-electron chi connectivity index (χ0n) is 23.6. The fourth-order valence-electron chi connectivity index (χ4n) is 6.03. The van der Waals surface area contributed by atoms with Gasteiger partial charge in [0.2, 0.25) is 11.6 Å². The van der Waals surface area contributed by atoms with E-state index < -0.39 is 5.76 Å². The molecule has 11 heteroatoms. The van der Waals surface area contributed by atoms with Crippen molar-refractivity contribution in [2.75, 3.05) is 5.32 Å². The molecule has 4 heterocycles. The summed E-state index contributed by atoms with van der Waals surface area (Å²) in [6.07, 6.45) is 9.74. The number of imidazole rings is 1. The number of aromatic amines is 1. The lowest BCUT2D eigenvalue weighted by Gasteiger charge is -2.32. The third-order valence-electron chi connectivity index (χ3n) is 8.81. The highest BCUT2D eigenvalue weighted by Crippen LogP contribution is 2.37. The molecule has 4 aromatic heterocycles. The van der Waals surface area contributed by atoms with Crippen molar-refractivity contribution in [2.45, 2.75) is 91.1 Å². The molecule has 1 atom stereocenters. The highest BCUT2D eigenvalue weighted by Gasteiger charge is 2.30. The van der Waals surface area contributed by atoms with E-state index in [-0.39, 0.29) is 35.1 Å². The number of halogens is 1. The Morgan fingerprint density at radius 3 is 2.55 bits per heavy atom. The number of anilines is 1. The smallest absolute Gasteiger partial charge is 0.365 e. The van der Waals surface area contributed by atoms with Crippen LogP contribution in [0, 0.1) is 23.6 Å². The number of nitrogens with zero attached hydrogens (tertiary/aromatic N) is 6. The second-order valence-electron chi connectivity index (χ2n) is 12.0. The Balaban J connectivity index is 1.55. The van der Waals surface area contributed by atoms with Crippen LogP contribution in [0.2, 0.25) is 0 Å². The quantitative estimate of drug-likeness (QED) is 0.278. The van der Waals surface area contributed by atoms with Gasteiger partial charge in [0.15, 0.2) is 23.1 Å². The Morgan fingerprint density at radius 2 is 1.90 bits per heavy atom. The van der Waals surface area contributed by atoms with Gasteiger partial charge in [-0.3, -0.25) is 9.51 Å². The number of hydrogen-bond acceptors (Lipinski definition) is 8. The molecule has 0 bridgehead atoms. The molecular weight excluding hydrogens is 511 g/mol. The Bertz CT molecular complexity index is 1560. The van der Waals surface area contributed by atoms with E-state index in [4.69, 9.17) is 14.5 Å². The monoisotopic (exact) mass is 548 g/mol. The van der Waals surface area contributed by atoms with Crippen molar-refractivity contribution in [3.8, 4) is 23.2 Å². The third kappa shape index (κ3) is 5.01. The predicted molar refractivity (Wildman–Crippen MR) is 150 cm³/mol. The van der Waals surface area contributed by atoms with Gasteiger partial charge in [-0.25, -0.2) is 29.1 Å². The van der Waals surface area contributed by atoms with Gasteiger partial charge in [-0.2, -0.15) is 0 Å². The van der Waals surface area contributed by atoms with Crippen LogP contribution in [0.15, 0.2) is 21.6 Å². The molecule has 0 saturated heterocycles. The van der Waals surface area contributed by atoms with Crippen molar-refractivity contribution >= 4 is 17.0 Å². The summed E-state index contributed by atoms with van der Waals surface area (Å²) in [5.41, 5.74) is 1.92. The van der Waals surface area contributed by atoms with Crippen LogP contribution in [0.1, 0.15) is 84.1 Å². The van der Waals surface area contributed by atoms with Crippen LogP contribution in [-0.2, 0) is 6.54 Å². The summed E-state index contributed by atoms with van der Waals surface area (Å²) in [5, 5.41) is 7.43. The Hall–Kier alpha value is -3.63. The fraction of sp³-hybridized carbons (Fsp3) is 0.586. The molecule has 0 unspecified atom stereocenters. The van der Waals surface area contributed by atoms with E-state index in [9.17, 15) is 4.79 Å². The Morgan fingerprint density at radius 1 is 1.12 bits per heavy atom. The summed E-state index contributed by atoms with van der Waals surface area (Å²) in [4.78, 5) is 33.1. The lowest BCUT2D eigenvalue weighted by Crippen LogP contribution is -2.31. The van der Waals surface area contributed by atoms with Gasteiger partial charge in [-0.1, -0.05) is 45.2 Å². The minimum Gasteiger partial charge on any atom is -0.365 e. The second-order valence-corrected chi connectivity index (χ2v) is 12.0. The topological polar surface area (TPSA) is 127 Å². The number of rotatable bonds is 8. The highest BCUT2D eigenvalue weighted by atomic mass is 19.1. The van der Waals surface area contributed by atoms with Gasteiger partial charge in [0.25, 0.3) is 0 Å². The number of nitrogens with one attached hydrogen (secondary N) is 2. The molecule has 0 aliphatic heterocycles. The molecule has 40 heavy (non-hydrogen) atoms. The first-order valence-corrected chi connectivity index (χ1v) is 14.5. The number of hydrogen-bond donors (Lipinski definition) is 2. The van der Waals surface area contributed by atoms with Crippen molar-refractivity contribution in [3.63, 3.8) is 0 Å². The van der Waals surface area contributed by atoms with Gasteiger partial charge in [-0.05, 0) is 67.9 Å². The van der Waals surface area contributed by atoms with Crippen molar-refractivity contribution in [1.82, 2.24) is 34.6 Å². The van der Waals surface area contributed by atoms with Crippen molar-refractivity contribution in [1.29, 1.82) is 0 Å². The predicted octanol–water partition coefficient (Wildman–Crippen LogP) is 5.92. The largest absolute Gasteiger partial charge is 0.439 e. The van der Waals surface area contributed by atoms with Gasteiger partial charge in [0.05, 0.1) is 0 Å². The molecule has 0 spiro atoms. The third-order valence-corrected chi connectivity index (χ3v) is 8.81. The highest BCUT2D eigenvalue weighted by molar-refractivity contribution is 5.88. The molecule has 0 radical (unpaired) electrons. The molecule has 6 rings (SSSR count). The van der Waals surface area contributed by atoms with Crippen LogP contribution in [0.3, 0.4) is 0 Å². The van der Waals surface area contributed by atoms with Gasteiger partial charge in [0, 0.05) is 18.8 Å². The van der Waals surface area contributed by atoms with E-state index in [0.717, 1.165) is 25.7 Å². The molecule has 212 valence electrons. The molecule has 2 aliphatic rings. The molecule has 4 aromatic rings. The van der Waals surface area contributed by atoms with Crippen LogP contribution >= 0.6 is 0 Å². The Kier molecular flexibility index (Phi) is 7.14. The maximum atomic E-state index is 15.9. The first-order chi connectivity index (χ1) is 19.3. The maximum absolute atomic E-state index is 15.9. The molecule has 10 nitrogen and oxygen atoms in total. The van der Waals surface area contributed by atoms with Crippen molar-refractivity contribution in [2.24, 2.45) is 17.8 Å². The van der Waals surface area contributed by atoms with Crippen molar-refractivity contribution in [3.05, 3.63) is 34.2 Å². The average Bonchev–Trinajstić information content (AvgIpc) is 3.48. The zero-order valence-corrected chi connectivity index (χ0v) is 23.6. The summed E-state index contributed by atoms with van der Waals surface area (Å²) in [7, 11) is 0. The van der Waals surface area contributed by atoms with Crippen LogP contribution in [-0.4, -0.2) is 40.7 Å². The van der Waals surface area contributed by atoms with Crippen molar-refractivity contribution < 1.29 is 8.91 Å². The summed E-state index contributed by atoms with van der Waals surface area (Å²) in [5.74, 6) is 1.96. The van der Waals surface area contributed by atoms with Crippen LogP contribution in [0.4, 0.5) is 10.2 Å². The van der Waals surface area contributed by atoms with Crippen LogP contribution < -0.4 is 11.1 Å². The van der Waals surface area contributed by atoms with Gasteiger partial charge in [0.1, 0.15) is 11.2 Å². The summed E-state index contributed by atoms with van der Waals surface area (Å²) in [6, 6.07) is 1.89. The van der Waals surface area contributed by atoms with Gasteiger partial charge >= 0.3 is 5.76 Å². The average molecular weight is 549 g/mol. The molecule has 2 aliphatic carbocycles. The first kappa shape index (κ1) is 26.6. The zero-order chi connectivity index (χ0) is 28.0. The lowest BCUT2D eigenvalue weighted by molar-refractivity contribution is 0.267.